The van der Waals surface area contributed by atoms with E-state index in [4.69, 9.17) is 10.3 Å². The van der Waals surface area contributed by atoms with Gasteiger partial charge in [-0.15, -0.1) is 0 Å². The molecule has 102 valence electrons. The zero-order valence-corrected chi connectivity index (χ0v) is 11.5. The van der Waals surface area contributed by atoms with Crippen LogP contribution < -0.4 is 11.3 Å². The highest BCUT2D eigenvalue weighted by Crippen LogP contribution is 2.30. The zero-order valence-electron chi connectivity index (χ0n) is 11.5. The van der Waals surface area contributed by atoms with E-state index in [1.165, 1.54) is 16.3 Å². The average Bonchev–Trinajstić information content (AvgIpc) is 2.97. The van der Waals surface area contributed by atoms with E-state index in [1.54, 1.807) is 6.26 Å². The molecule has 1 unspecified atom stereocenters. The molecule has 0 aliphatic carbocycles. The van der Waals surface area contributed by atoms with E-state index < -0.39 is 0 Å². The average molecular weight is 266 g/mol. The van der Waals surface area contributed by atoms with Gasteiger partial charge in [-0.25, -0.2) is 5.43 Å². The summed E-state index contributed by atoms with van der Waals surface area (Å²) < 4.78 is 5.53. The maximum absolute atomic E-state index is 5.82. The third-order valence-corrected chi connectivity index (χ3v) is 3.71. The SMILES string of the molecule is CCc1occc1C(NN)c1cccc2ccccc12. The predicted molar refractivity (Wildman–Crippen MR) is 81.2 cm³/mol. The molecule has 2 aromatic carbocycles. The number of hydrogen-bond acceptors (Lipinski definition) is 3. The highest BCUT2D eigenvalue weighted by Gasteiger charge is 2.19. The normalized spacial score (nSPS) is 12.7. The quantitative estimate of drug-likeness (QED) is 0.561. The molecule has 0 aliphatic rings. The lowest BCUT2D eigenvalue weighted by Crippen LogP contribution is -2.29. The number of nitrogens with two attached hydrogens (primary N) is 1. The molecule has 1 atom stereocenters. The van der Waals surface area contributed by atoms with E-state index in [0.717, 1.165) is 17.7 Å². The lowest BCUT2D eigenvalue weighted by molar-refractivity contribution is 0.502. The summed E-state index contributed by atoms with van der Waals surface area (Å²) >= 11 is 0. The summed E-state index contributed by atoms with van der Waals surface area (Å²) in [5.41, 5.74) is 5.20. The minimum atomic E-state index is -0.0604. The third-order valence-electron chi connectivity index (χ3n) is 3.71. The van der Waals surface area contributed by atoms with Crippen LogP contribution in [-0.2, 0) is 6.42 Å². The first-order valence-corrected chi connectivity index (χ1v) is 6.85. The number of aryl methyl sites for hydroxylation is 1. The molecule has 0 aliphatic heterocycles. The Hall–Kier alpha value is -2.10. The molecular weight excluding hydrogens is 248 g/mol. The third kappa shape index (κ3) is 2.11. The Bertz CT molecular complexity index is 712. The van der Waals surface area contributed by atoms with Crippen LogP contribution in [0.25, 0.3) is 10.8 Å². The standard InChI is InChI=1S/C17H18N2O/c1-2-16-15(10-11-20-16)17(19-18)14-9-5-7-12-6-3-4-8-13(12)14/h3-11,17,19H,2,18H2,1H3. The number of rotatable bonds is 4. The summed E-state index contributed by atoms with van der Waals surface area (Å²) in [6.07, 6.45) is 2.58. The molecule has 0 saturated heterocycles. The lowest BCUT2D eigenvalue weighted by atomic mass is 9.94. The van der Waals surface area contributed by atoms with E-state index in [-0.39, 0.29) is 6.04 Å². The van der Waals surface area contributed by atoms with Gasteiger partial charge in [0.2, 0.25) is 0 Å². The molecule has 0 spiro atoms. The first kappa shape index (κ1) is 12.9. The molecule has 0 bridgehead atoms. The molecule has 0 saturated carbocycles. The van der Waals surface area contributed by atoms with Crippen LogP contribution in [0.5, 0.6) is 0 Å². The van der Waals surface area contributed by atoms with E-state index in [9.17, 15) is 0 Å². The molecule has 1 heterocycles. The summed E-state index contributed by atoms with van der Waals surface area (Å²) in [6, 6.07) is 16.6. The Morgan fingerprint density at radius 1 is 1.05 bits per heavy atom. The van der Waals surface area contributed by atoms with E-state index in [2.05, 4.69) is 48.7 Å². The van der Waals surface area contributed by atoms with Crippen molar-refractivity contribution in [2.75, 3.05) is 0 Å². The predicted octanol–water partition coefficient (Wildman–Crippen LogP) is 3.55. The van der Waals surface area contributed by atoms with Crippen LogP contribution in [0, 0.1) is 0 Å². The number of fused-ring (bicyclic) bond motifs is 1. The van der Waals surface area contributed by atoms with Gasteiger partial charge in [0.15, 0.2) is 0 Å². The summed E-state index contributed by atoms with van der Waals surface area (Å²) in [6.45, 7) is 2.08. The fourth-order valence-corrected chi connectivity index (χ4v) is 2.74. The molecule has 3 rings (SSSR count). The second-order valence-corrected chi connectivity index (χ2v) is 4.82. The minimum Gasteiger partial charge on any atom is -0.469 e. The minimum absolute atomic E-state index is 0.0604. The van der Waals surface area contributed by atoms with E-state index >= 15 is 0 Å². The lowest BCUT2D eigenvalue weighted by Gasteiger charge is -2.18. The highest BCUT2D eigenvalue weighted by atomic mass is 16.3. The fraction of sp³-hybridized carbons (Fsp3) is 0.176. The second kappa shape index (κ2) is 5.49. The van der Waals surface area contributed by atoms with Crippen LogP contribution in [0.2, 0.25) is 0 Å². The van der Waals surface area contributed by atoms with Crippen molar-refractivity contribution in [2.24, 2.45) is 5.84 Å². The van der Waals surface area contributed by atoms with E-state index in [0.29, 0.717) is 0 Å². The first-order chi connectivity index (χ1) is 9.85. The molecule has 1 aromatic heterocycles. The Morgan fingerprint density at radius 3 is 2.65 bits per heavy atom. The van der Waals surface area contributed by atoms with Crippen molar-refractivity contribution in [1.29, 1.82) is 0 Å². The molecule has 20 heavy (non-hydrogen) atoms. The van der Waals surface area contributed by atoms with Gasteiger partial charge in [-0.2, -0.15) is 0 Å². The van der Waals surface area contributed by atoms with Crippen LogP contribution in [0.4, 0.5) is 0 Å². The van der Waals surface area contributed by atoms with Gasteiger partial charge in [0.25, 0.3) is 0 Å². The molecule has 3 nitrogen and oxygen atoms in total. The van der Waals surface area contributed by atoms with Crippen molar-refractivity contribution >= 4 is 10.8 Å². The summed E-state index contributed by atoms with van der Waals surface area (Å²) in [5, 5.41) is 2.42. The topological polar surface area (TPSA) is 51.2 Å². The molecule has 0 amide bonds. The zero-order chi connectivity index (χ0) is 13.9. The van der Waals surface area contributed by atoms with Crippen molar-refractivity contribution in [3.05, 3.63) is 71.7 Å². The largest absolute Gasteiger partial charge is 0.469 e. The molecule has 3 aromatic rings. The maximum atomic E-state index is 5.82. The van der Waals surface area contributed by atoms with Crippen LogP contribution >= 0.6 is 0 Å². The van der Waals surface area contributed by atoms with Gasteiger partial charge in [0.1, 0.15) is 5.76 Å². The van der Waals surface area contributed by atoms with Crippen molar-refractivity contribution in [3.8, 4) is 0 Å². The number of nitrogens with one attached hydrogen (secondary N) is 1. The number of hydrazine groups is 1. The molecule has 3 N–H and O–H groups in total. The van der Waals surface area contributed by atoms with Crippen LogP contribution in [0.1, 0.15) is 29.9 Å². The fourth-order valence-electron chi connectivity index (χ4n) is 2.74. The Balaban J connectivity index is 2.17. The molecule has 0 fully saturated rings. The number of benzene rings is 2. The summed E-state index contributed by atoms with van der Waals surface area (Å²) in [7, 11) is 0. The maximum Gasteiger partial charge on any atom is 0.108 e. The Kier molecular flexibility index (Phi) is 3.54. The highest BCUT2D eigenvalue weighted by molar-refractivity contribution is 5.86. The summed E-state index contributed by atoms with van der Waals surface area (Å²) in [4.78, 5) is 0. The van der Waals surface area contributed by atoms with Gasteiger partial charge in [-0.3, -0.25) is 5.84 Å². The van der Waals surface area contributed by atoms with Gasteiger partial charge >= 0.3 is 0 Å². The number of furan rings is 1. The van der Waals surface area contributed by atoms with Crippen molar-refractivity contribution in [2.45, 2.75) is 19.4 Å². The molecule has 0 radical (unpaired) electrons. The smallest absolute Gasteiger partial charge is 0.108 e. The van der Waals surface area contributed by atoms with Crippen LogP contribution in [0.15, 0.2) is 59.2 Å². The first-order valence-electron chi connectivity index (χ1n) is 6.85. The van der Waals surface area contributed by atoms with Crippen molar-refractivity contribution < 1.29 is 4.42 Å². The van der Waals surface area contributed by atoms with Gasteiger partial charge in [0, 0.05) is 12.0 Å². The van der Waals surface area contributed by atoms with Gasteiger partial charge in [-0.1, -0.05) is 49.4 Å². The Labute approximate surface area is 118 Å². The van der Waals surface area contributed by atoms with E-state index in [1.807, 2.05) is 12.1 Å². The van der Waals surface area contributed by atoms with Gasteiger partial charge in [-0.05, 0) is 22.4 Å². The van der Waals surface area contributed by atoms with Crippen molar-refractivity contribution in [1.82, 2.24) is 5.43 Å². The van der Waals surface area contributed by atoms with Gasteiger partial charge < -0.3 is 4.42 Å². The van der Waals surface area contributed by atoms with Crippen LogP contribution in [0.3, 0.4) is 0 Å². The second-order valence-electron chi connectivity index (χ2n) is 4.82. The monoisotopic (exact) mass is 266 g/mol. The Morgan fingerprint density at radius 2 is 1.85 bits per heavy atom. The summed E-state index contributed by atoms with van der Waals surface area (Å²) in [5.74, 6) is 6.79. The number of hydrogen-bond donors (Lipinski definition) is 2. The van der Waals surface area contributed by atoms with Gasteiger partial charge in [0.05, 0.1) is 12.3 Å². The molecule has 3 heteroatoms. The van der Waals surface area contributed by atoms with Crippen LogP contribution in [-0.4, -0.2) is 0 Å². The van der Waals surface area contributed by atoms with Crippen molar-refractivity contribution in [3.63, 3.8) is 0 Å². The molecular formula is C17H18N2O.